The van der Waals surface area contributed by atoms with Gasteiger partial charge in [0.25, 0.3) is 0 Å². The highest BCUT2D eigenvalue weighted by molar-refractivity contribution is 5.76. The van der Waals surface area contributed by atoms with Crippen LogP contribution in [0.15, 0.2) is 24.3 Å². The first kappa shape index (κ1) is 13.9. The second kappa shape index (κ2) is 6.60. The molecule has 1 saturated carbocycles. The van der Waals surface area contributed by atoms with Gasteiger partial charge in [-0.1, -0.05) is 12.1 Å². The molecule has 1 atom stereocenters. The van der Waals surface area contributed by atoms with Gasteiger partial charge in [-0.25, -0.2) is 0 Å². The summed E-state index contributed by atoms with van der Waals surface area (Å²) in [6.45, 7) is 4.73. The first-order valence-electron chi connectivity index (χ1n) is 7.14. The zero-order chi connectivity index (χ0) is 13.7. The second-order valence-electron chi connectivity index (χ2n) is 5.46. The second-order valence-corrected chi connectivity index (χ2v) is 5.46. The lowest BCUT2D eigenvalue weighted by atomic mass is 10.2. The van der Waals surface area contributed by atoms with E-state index in [1.807, 2.05) is 31.2 Å². The number of benzene rings is 1. The Bertz CT molecular complexity index is 427. The lowest BCUT2D eigenvalue weighted by Crippen LogP contribution is -2.33. The molecule has 0 bridgehead atoms. The van der Waals surface area contributed by atoms with E-state index in [0.717, 1.165) is 12.2 Å². The van der Waals surface area contributed by atoms with Gasteiger partial charge in [0.05, 0.1) is 6.61 Å². The van der Waals surface area contributed by atoms with Crippen LogP contribution in [0.25, 0.3) is 0 Å². The van der Waals surface area contributed by atoms with E-state index < -0.39 is 0 Å². The third kappa shape index (κ3) is 4.93. The van der Waals surface area contributed by atoms with E-state index >= 15 is 0 Å². The van der Waals surface area contributed by atoms with Crippen LogP contribution in [-0.4, -0.2) is 18.6 Å². The smallest absolute Gasteiger partial charge is 0.220 e. The van der Waals surface area contributed by atoms with Crippen molar-refractivity contribution in [2.75, 3.05) is 6.61 Å². The fourth-order valence-electron chi connectivity index (χ4n) is 2.17. The number of aryl methyl sites for hydroxylation is 1. The molecule has 3 nitrogen and oxygen atoms in total. The zero-order valence-electron chi connectivity index (χ0n) is 11.8. The van der Waals surface area contributed by atoms with Gasteiger partial charge in [0.1, 0.15) is 5.75 Å². The zero-order valence-corrected chi connectivity index (χ0v) is 11.8. The maximum Gasteiger partial charge on any atom is 0.220 e. The minimum absolute atomic E-state index is 0.146. The van der Waals surface area contributed by atoms with Gasteiger partial charge in [-0.3, -0.25) is 4.79 Å². The molecule has 0 heterocycles. The summed E-state index contributed by atoms with van der Waals surface area (Å²) in [5.41, 5.74) is 1.19. The molecule has 0 spiro atoms. The molecule has 1 aromatic rings. The van der Waals surface area contributed by atoms with Crippen molar-refractivity contribution in [1.29, 1.82) is 0 Å². The van der Waals surface area contributed by atoms with Gasteiger partial charge in [-0.05, 0) is 56.7 Å². The molecule has 2 rings (SSSR count). The molecular weight excluding hydrogens is 238 g/mol. The topological polar surface area (TPSA) is 38.3 Å². The molecule has 19 heavy (non-hydrogen) atoms. The number of hydrogen-bond acceptors (Lipinski definition) is 2. The number of carbonyl (C=O) groups is 1. The van der Waals surface area contributed by atoms with E-state index in [9.17, 15) is 4.79 Å². The Hall–Kier alpha value is -1.51. The Morgan fingerprint density at radius 3 is 2.95 bits per heavy atom. The van der Waals surface area contributed by atoms with E-state index in [1.54, 1.807) is 0 Å². The van der Waals surface area contributed by atoms with Gasteiger partial charge in [0.15, 0.2) is 0 Å². The summed E-state index contributed by atoms with van der Waals surface area (Å²) in [7, 11) is 0. The summed E-state index contributed by atoms with van der Waals surface area (Å²) < 4.78 is 5.62. The normalized spacial score (nSPS) is 15.9. The van der Waals surface area contributed by atoms with Gasteiger partial charge < -0.3 is 10.1 Å². The molecule has 1 aromatic carbocycles. The molecule has 1 fully saturated rings. The van der Waals surface area contributed by atoms with E-state index in [2.05, 4.69) is 12.2 Å². The Morgan fingerprint density at radius 1 is 1.47 bits per heavy atom. The third-order valence-corrected chi connectivity index (χ3v) is 3.52. The molecule has 1 amide bonds. The maximum absolute atomic E-state index is 11.7. The largest absolute Gasteiger partial charge is 0.494 e. The predicted molar refractivity (Wildman–Crippen MR) is 76.2 cm³/mol. The highest BCUT2D eigenvalue weighted by Gasteiger charge is 2.28. The van der Waals surface area contributed by atoms with Crippen LogP contribution in [0.1, 0.15) is 38.2 Å². The number of rotatable bonds is 7. The van der Waals surface area contributed by atoms with E-state index in [4.69, 9.17) is 4.74 Å². The average molecular weight is 261 g/mol. The fraction of sp³-hybridized carbons (Fsp3) is 0.562. The van der Waals surface area contributed by atoms with Gasteiger partial charge >= 0.3 is 0 Å². The lowest BCUT2D eigenvalue weighted by molar-refractivity contribution is -0.122. The summed E-state index contributed by atoms with van der Waals surface area (Å²) in [4.78, 5) is 11.7. The molecule has 1 aliphatic carbocycles. The van der Waals surface area contributed by atoms with Crippen LogP contribution in [0, 0.1) is 12.8 Å². The summed E-state index contributed by atoms with van der Waals surface area (Å²) in [6.07, 6.45) is 3.83. The number of hydrogen-bond donors (Lipinski definition) is 1. The molecule has 3 heteroatoms. The van der Waals surface area contributed by atoms with Crippen molar-refractivity contribution in [3.63, 3.8) is 0 Å². The number of ether oxygens (including phenoxy) is 1. The van der Waals surface area contributed by atoms with Crippen molar-refractivity contribution in [2.24, 2.45) is 5.92 Å². The van der Waals surface area contributed by atoms with Crippen molar-refractivity contribution in [3.05, 3.63) is 29.8 Å². The van der Waals surface area contributed by atoms with E-state index in [0.29, 0.717) is 25.0 Å². The highest BCUT2D eigenvalue weighted by atomic mass is 16.5. The molecule has 1 aliphatic rings. The van der Waals surface area contributed by atoms with Crippen molar-refractivity contribution in [2.45, 2.75) is 45.6 Å². The minimum Gasteiger partial charge on any atom is -0.494 e. The lowest BCUT2D eigenvalue weighted by Gasteiger charge is -2.12. The highest BCUT2D eigenvalue weighted by Crippen LogP contribution is 2.32. The molecule has 0 aliphatic heterocycles. The molecule has 104 valence electrons. The van der Waals surface area contributed by atoms with Crippen LogP contribution in [0.3, 0.4) is 0 Å². The molecular formula is C16H23NO2. The summed E-state index contributed by atoms with van der Waals surface area (Å²) in [5.74, 6) is 1.74. The quantitative estimate of drug-likeness (QED) is 0.766. The Morgan fingerprint density at radius 2 is 2.26 bits per heavy atom. The standard InChI is InChI=1S/C16H23NO2/c1-12-5-3-6-15(11-12)19-10-4-7-16(18)17-13(2)14-8-9-14/h3,5-6,11,13-14H,4,7-10H2,1-2H3,(H,17,18). The van der Waals surface area contributed by atoms with Crippen molar-refractivity contribution in [3.8, 4) is 5.75 Å². The van der Waals surface area contributed by atoms with Crippen molar-refractivity contribution in [1.82, 2.24) is 5.32 Å². The average Bonchev–Trinajstić information content (AvgIpc) is 3.19. The Labute approximate surface area is 115 Å². The number of carbonyl (C=O) groups excluding carboxylic acids is 1. The third-order valence-electron chi connectivity index (χ3n) is 3.52. The first-order chi connectivity index (χ1) is 9.15. The number of nitrogens with one attached hydrogen (secondary N) is 1. The van der Waals surface area contributed by atoms with E-state index in [-0.39, 0.29) is 5.91 Å². The molecule has 1 unspecified atom stereocenters. The molecule has 0 aromatic heterocycles. The monoisotopic (exact) mass is 261 g/mol. The summed E-state index contributed by atoms with van der Waals surface area (Å²) in [6, 6.07) is 8.32. The van der Waals surface area contributed by atoms with E-state index in [1.165, 1.54) is 18.4 Å². The predicted octanol–water partition coefficient (Wildman–Crippen LogP) is 3.07. The summed E-state index contributed by atoms with van der Waals surface area (Å²) >= 11 is 0. The SMILES string of the molecule is Cc1cccc(OCCCC(=O)NC(C)C2CC2)c1. The van der Waals surface area contributed by atoms with Crippen LogP contribution in [0.2, 0.25) is 0 Å². The molecule has 0 saturated heterocycles. The number of amides is 1. The first-order valence-corrected chi connectivity index (χ1v) is 7.14. The van der Waals surface area contributed by atoms with Gasteiger partial charge in [-0.15, -0.1) is 0 Å². The molecule has 1 N–H and O–H groups in total. The van der Waals surface area contributed by atoms with Crippen LogP contribution < -0.4 is 10.1 Å². The maximum atomic E-state index is 11.7. The van der Waals surface area contributed by atoms with Gasteiger partial charge in [0.2, 0.25) is 5.91 Å². The van der Waals surface area contributed by atoms with Crippen LogP contribution in [0.5, 0.6) is 5.75 Å². The van der Waals surface area contributed by atoms with Crippen LogP contribution >= 0.6 is 0 Å². The van der Waals surface area contributed by atoms with Crippen LogP contribution in [0.4, 0.5) is 0 Å². The Balaban J connectivity index is 1.59. The molecule has 0 radical (unpaired) electrons. The Kier molecular flexibility index (Phi) is 4.83. The van der Waals surface area contributed by atoms with Crippen molar-refractivity contribution >= 4 is 5.91 Å². The van der Waals surface area contributed by atoms with Gasteiger partial charge in [0, 0.05) is 12.5 Å². The fourth-order valence-corrected chi connectivity index (χ4v) is 2.17. The summed E-state index contributed by atoms with van der Waals surface area (Å²) in [5, 5.41) is 3.06. The van der Waals surface area contributed by atoms with Crippen LogP contribution in [-0.2, 0) is 4.79 Å². The minimum atomic E-state index is 0.146. The van der Waals surface area contributed by atoms with Crippen molar-refractivity contribution < 1.29 is 9.53 Å². The van der Waals surface area contributed by atoms with Gasteiger partial charge in [-0.2, -0.15) is 0 Å².